The van der Waals surface area contributed by atoms with Gasteiger partial charge in [-0.2, -0.15) is 0 Å². The van der Waals surface area contributed by atoms with Crippen LogP contribution in [0.15, 0.2) is 65.5 Å². The fourth-order valence-corrected chi connectivity index (χ4v) is 5.39. The highest BCUT2D eigenvalue weighted by molar-refractivity contribution is 5.94. The van der Waals surface area contributed by atoms with Gasteiger partial charge in [0.1, 0.15) is 5.75 Å². The number of H-pyrrole nitrogens is 1. The van der Waals surface area contributed by atoms with Gasteiger partial charge < -0.3 is 19.4 Å². The van der Waals surface area contributed by atoms with Crippen LogP contribution in [0.5, 0.6) is 5.75 Å². The molecule has 9 heteroatoms. The molecule has 0 saturated carbocycles. The van der Waals surface area contributed by atoms with Crippen LogP contribution in [-0.2, 0) is 13.0 Å². The van der Waals surface area contributed by atoms with E-state index in [2.05, 4.69) is 56.9 Å². The van der Waals surface area contributed by atoms with Gasteiger partial charge in [0.15, 0.2) is 0 Å². The van der Waals surface area contributed by atoms with Crippen LogP contribution in [-0.4, -0.2) is 96.1 Å². The molecule has 2 saturated heterocycles. The van der Waals surface area contributed by atoms with Crippen LogP contribution in [0.3, 0.4) is 0 Å². The van der Waals surface area contributed by atoms with Crippen molar-refractivity contribution in [3.63, 3.8) is 0 Å². The molecule has 2 aliphatic heterocycles. The topological polar surface area (TPSA) is 85.0 Å². The molecule has 2 aromatic carbocycles. The van der Waals surface area contributed by atoms with Crippen LogP contribution < -0.4 is 15.2 Å². The molecule has 0 aliphatic carbocycles. The number of nitrogens with one attached hydrogen (secondary N) is 1. The molecule has 0 radical (unpaired) electrons. The summed E-state index contributed by atoms with van der Waals surface area (Å²) in [6.07, 6.45) is 3.17. The number of anilines is 1. The van der Waals surface area contributed by atoms with Crippen molar-refractivity contribution in [1.29, 1.82) is 0 Å². The highest BCUT2D eigenvalue weighted by Gasteiger charge is 2.24. The van der Waals surface area contributed by atoms with Gasteiger partial charge in [0.2, 0.25) is 5.95 Å². The molecular formula is C32H42N6O3. The molecule has 0 spiro atoms. The monoisotopic (exact) mass is 558 g/mol. The van der Waals surface area contributed by atoms with Crippen LogP contribution in [0, 0.1) is 0 Å². The van der Waals surface area contributed by atoms with Crippen LogP contribution >= 0.6 is 0 Å². The number of hydrogen-bond acceptors (Lipinski definition) is 7. The van der Waals surface area contributed by atoms with E-state index >= 15 is 0 Å². The zero-order valence-corrected chi connectivity index (χ0v) is 24.1. The molecule has 0 unspecified atom stereocenters. The van der Waals surface area contributed by atoms with Gasteiger partial charge in [-0.15, -0.1) is 0 Å². The molecule has 1 amide bonds. The lowest BCUT2D eigenvalue weighted by Gasteiger charge is -2.36. The fourth-order valence-electron chi connectivity index (χ4n) is 5.39. The number of aromatic nitrogens is 2. The average Bonchev–Trinajstić information content (AvgIpc) is 3.01. The molecule has 5 rings (SSSR count). The molecule has 3 aromatic rings. The summed E-state index contributed by atoms with van der Waals surface area (Å²) in [6, 6.07) is 19.6. The number of ether oxygens (including phenoxy) is 1. The summed E-state index contributed by atoms with van der Waals surface area (Å²) in [5, 5.41) is 0. The number of amides is 1. The number of carbonyl (C=O) groups excluding carboxylic acids is 1. The Kier molecular flexibility index (Phi) is 10.0. The minimum Gasteiger partial charge on any atom is -0.494 e. The third-order valence-corrected chi connectivity index (χ3v) is 7.93. The Balaban J connectivity index is 1.09. The maximum absolute atomic E-state index is 13.1. The Morgan fingerprint density at radius 1 is 0.902 bits per heavy atom. The molecule has 0 atom stereocenters. The summed E-state index contributed by atoms with van der Waals surface area (Å²) in [5.41, 5.74) is 2.70. The smallest absolute Gasteiger partial charge is 0.253 e. The lowest BCUT2D eigenvalue weighted by Crippen LogP contribution is -2.49. The second-order valence-corrected chi connectivity index (χ2v) is 10.9. The molecule has 1 aromatic heterocycles. The Labute approximate surface area is 242 Å². The average molecular weight is 559 g/mol. The number of unbranched alkanes of at least 4 members (excludes halogenated alkanes) is 1. The number of rotatable bonds is 11. The highest BCUT2D eigenvalue weighted by atomic mass is 16.5. The standard InChI is InChI=1S/C32H42N6O3/c1-2-3-23-41-29-11-9-27(10-12-29)31(40)37-19-21-38(22-20-37)32-33-28(24-30(39)34-32)25-36-17-15-35(16-18-36)14-13-26-7-5-4-6-8-26/h4-12,24H,2-3,13-23,25H2,1H3,(H,33,34,39). The molecule has 218 valence electrons. The van der Waals surface area contributed by atoms with E-state index in [0.29, 0.717) is 50.8 Å². The molecule has 2 aliphatic rings. The summed E-state index contributed by atoms with van der Waals surface area (Å²) >= 11 is 0. The largest absolute Gasteiger partial charge is 0.494 e. The SMILES string of the molecule is CCCCOc1ccc(C(=O)N2CCN(c3nc(CN4CCN(CCc5ccccc5)CC4)cc(=O)[nH]3)CC2)cc1. The molecule has 41 heavy (non-hydrogen) atoms. The molecular weight excluding hydrogens is 516 g/mol. The van der Waals surface area contributed by atoms with Crippen molar-refractivity contribution >= 4 is 11.9 Å². The zero-order valence-electron chi connectivity index (χ0n) is 24.1. The second kappa shape index (κ2) is 14.3. The Morgan fingerprint density at radius 2 is 1.61 bits per heavy atom. The van der Waals surface area contributed by atoms with Gasteiger partial charge in [-0.1, -0.05) is 43.7 Å². The first-order valence-electron chi connectivity index (χ1n) is 14.9. The number of carbonyl (C=O) groups is 1. The van der Waals surface area contributed by atoms with Crippen LogP contribution in [0.1, 0.15) is 41.4 Å². The van der Waals surface area contributed by atoms with E-state index in [0.717, 1.165) is 63.4 Å². The van der Waals surface area contributed by atoms with Crippen molar-refractivity contribution in [2.45, 2.75) is 32.7 Å². The van der Waals surface area contributed by atoms with Crippen molar-refractivity contribution in [2.75, 3.05) is 70.4 Å². The van der Waals surface area contributed by atoms with E-state index in [1.165, 1.54) is 5.56 Å². The van der Waals surface area contributed by atoms with Crippen molar-refractivity contribution < 1.29 is 9.53 Å². The highest BCUT2D eigenvalue weighted by Crippen LogP contribution is 2.17. The van der Waals surface area contributed by atoms with E-state index in [1.54, 1.807) is 6.07 Å². The van der Waals surface area contributed by atoms with Crippen molar-refractivity contribution in [3.8, 4) is 5.75 Å². The minimum absolute atomic E-state index is 0.0165. The van der Waals surface area contributed by atoms with Crippen molar-refractivity contribution in [3.05, 3.63) is 87.8 Å². The van der Waals surface area contributed by atoms with Crippen LogP contribution in [0.4, 0.5) is 5.95 Å². The Morgan fingerprint density at radius 3 is 2.32 bits per heavy atom. The van der Waals surface area contributed by atoms with Gasteiger partial charge in [-0.05, 0) is 42.7 Å². The van der Waals surface area contributed by atoms with Gasteiger partial charge >= 0.3 is 0 Å². The first-order valence-corrected chi connectivity index (χ1v) is 14.9. The maximum atomic E-state index is 13.1. The number of nitrogens with zero attached hydrogens (tertiary/aromatic N) is 5. The fraction of sp³-hybridized carbons (Fsp3) is 0.469. The van der Waals surface area contributed by atoms with Gasteiger partial charge in [-0.3, -0.25) is 19.5 Å². The Hall–Kier alpha value is -3.69. The van der Waals surface area contributed by atoms with Gasteiger partial charge in [0.05, 0.1) is 12.3 Å². The zero-order chi connectivity index (χ0) is 28.4. The molecule has 3 heterocycles. The van der Waals surface area contributed by atoms with E-state index in [9.17, 15) is 9.59 Å². The van der Waals surface area contributed by atoms with Gasteiger partial charge in [-0.25, -0.2) is 4.98 Å². The predicted octanol–water partition coefficient (Wildman–Crippen LogP) is 3.27. The number of aromatic amines is 1. The third-order valence-electron chi connectivity index (χ3n) is 7.93. The van der Waals surface area contributed by atoms with Crippen LogP contribution in [0.2, 0.25) is 0 Å². The summed E-state index contributed by atoms with van der Waals surface area (Å²) in [4.78, 5) is 42.1. The first kappa shape index (κ1) is 28.8. The van der Waals surface area contributed by atoms with Gasteiger partial charge in [0.25, 0.3) is 11.5 Å². The normalized spacial score (nSPS) is 16.6. The van der Waals surface area contributed by atoms with E-state index < -0.39 is 0 Å². The molecule has 2 fully saturated rings. The predicted molar refractivity (Wildman–Crippen MR) is 162 cm³/mol. The number of benzene rings is 2. The van der Waals surface area contributed by atoms with Crippen molar-refractivity contribution in [2.24, 2.45) is 0 Å². The molecule has 0 bridgehead atoms. The van der Waals surface area contributed by atoms with Crippen molar-refractivity contribution in [1.82, 2.24) is 24.7 Å². The van der Waals surface area contributed by atoms with E-state index in [1.807, 2.05) is 29.2 Å². The second-order valence-electron chi connectivity index (χ2n) is 10.9. The van der Waals surface area contributed by atoms with Gasteiger partial charge in [0, 0.05) is 77.1 Å². The minimum atomic E-state index is -0.133. The van der Waals surface area contributed by atoms with E-state index in [4.69, 9.17) is 9.72 Å². The number of piperazine rings is 2. The summed E-state index contributed by atoms with van der Waals surface area (Å²) in [7, 11) is 0. The number of hydrogen-bond donors (Lipinski definition) is 1. The quantitative estimate of drug-likeness (QED) is 0.362. The molecule has 9 nitrogen and oxygen atoms in total. The summed E-state index contributed by atoms with van der Waals surface area (Å²) in [5.74, 6) is 1.40. The first-order chi connectivity index (χ1) is 20.1. The Bertz CT molecular complexity index is 1300. The van der Waals surface area contributed by atoms with Crippen LogP contribution in [0.25, 0.3) is 0 Å². The lowest BCUT2D eigenvalue weighted by molar-refractivity contribution is 0.0746. The maximum Gasteiger partial charge on any atom is 0.253 e. The lowest BCUT2D eigenvalue weighted by atomic mass is 10.1. The van der Waals surface area contributed by atoms with E-state index in [-0.39, 0.29) is 11.5 Å². The third kappa shape index (κ3) is 8.17. The summed E-state index contributed by atoms with van der Waals surface area (Å²) in [6.45, 7) is 10.9. The molecule has 1 N–H and O–H groups in total. The summed E-state index contributed by atoms with van der Waals surface area (Å²) < 4.78 is 5.71.